The Balaban J connectivity index is 0.946. The molecule has 6 heteroatoms. The van der Waals surface area contributed by atoms with Gasteiger partial charge in [0.2, 0.25) is 0 Å². The van der Waals surface area contributed by atoms with Crippen LogP contribution in [0.3, 0.4) is 0 Å². The zero-order chi connectivity index (χ0) is 41.6. The SMILES string of the molecule is Cc1ccc(-c2cccc(-c3ccc(C)cc3)c2-c2cc3sc4cc(-c5cc6sc7cc(-c8c(-c9ccc(C)cc9)cccc8-c8ccc(C)cc8)sc7c6s5)sc4c3s2)cc1. The van der Waals surface area contributed by atoms with E-state index in [2.05, 4.69) is 185 Å². The number of benzene rings is 6. The molecule has 0 unspecified atom stereocenters. The van der Waals surface area contributed by atoms with Gasteiger partial charge in [0.05, 0.1) is 18.8 Å². The number of hydrogen-bond donors (Lipinski definition) is 0. The van der Waals surface area contributed by atoms with Gasteiger partial charge in [-0.25, -0.2) is 0 Å². The fraction of sp³-hybridized carbons (Fsp3) is 0.0714. The lowest BCUT2D eigenvalue weighted by molar-refractivity contribution is 1.46. The zero-order valence-electron chi connectivity index (χ0n) is 34.5. The number of thiophene rings is 6. The van der Waals surface area contributed by atoms with E-state index in [-0.39, 0.29) is 0 Å². The van der Waals surface area contributed by atoms with Crippen molar-refractivity contribution in [1.29, 1.82) is 0 Å². The summed E-state index contributed by atoms with van der Waals surface area (Å²) in [5.41, 5.74) is 17.9. The maximum Gasteiger partial charge on any atom is 0.0636 e. The average molecular weight is 903 g/mol. The molecule has 0 atom stereocenters. The second-order valence-corrected chi connectivity index (χ2v) is 22.7. The largest absolute Gasteiger partial charge is 0.133 e. The number of hydrogen-bond acceptors (Lipinski definition) is 6. The Bertz CT molecular complexity index is 3260. The van der Waals surface area contributed by atoms with Crippen molar-refractivity contribution in [2.24, 2.45) is 0 Å². The van der Waals surface area contributed by atoms with Crippen molar-refractivity contribution < 1.29 is 0 Å². The van der Waals surface area contributed by atoms with Crippen molar-refractivity contribution in [1.82, 2.24) is 0 Å². The van der Waals surface area contributed by atoms with Gasteiger partial charge in [0.1, 0.15) is 0 Å². The van der Waals surface area contributed by atoms with Crippen LogP contribution in [0, 0.1) is 27.7 Å². The first kappa shape index (κ1) is 38.3. The minimum Gasteiger partial charge on any atom is -0.133 e. The van der Waals surface area contributed by atoms with Crippen LogP contribution >= 0.6 is 68.0 Å². The van der Waals surface area contributed by atoms with Crippen LogP contribution in [0.15, 0.2) is 158 Å². The van der Waals surface area contributed by atoms with Crippen LogP contribution in [0.2, 0.25) is 0 Å². The predicted molar refractivity (Wildman–Crippen MR) is 281 cm³/mol. The topological polar surface area (TPSA) is 0 Å². The van der Waals surface area contributed by atoms with Crippen LogP contribution in [0.1, 0.15) is 22.3 Å². The van der Waals surface area contributed by atoms with E-state index in [1.54, 1.807) is 0 Å². The Morgan fingerprint density at radius 3 is 0.774 bits per heavy atom. The smallest absolute Gasteiger partial charge is 0.0636 e. The molecule has 12 rings (SSSR count). The second-order valence-electron chi connectivity index (χ2n) is 16.3. The third kappa shape index (κ3) is 6.55. The van der Waals surface area contributed by atoms with Gasteiger partial charge >= 0.3 is 0 Å². The molecule has 0 N–H and O–H groups in total. The monoisotopic (exact) mass is 902 g/mol. The third-order valence-electron chi connectivity index (χ3n) is 12.0. The Morgan fingerprint density at radius 2 is 0.500 bits per heavy atom. The molecule has 0 aliphatic rings. The molecule has 0 saturated carbocycles. The van der Waals surface area contributed by atoms with Gasteiger partial charge in [-0.1, -0.05) is 156 Å². The summed E-state index contributed by atoms with van der Waals surface area (Å²) < 4.78 is 11.2. The van der Waals surface area contributed by atoms with Crippen molar-refractivity contribution in [3.05, 3.63) is 180 Å². The first-order chi connectivity index (χ1) is 30.3. The number of rotatable bonds is 7. The molecule has 0 spiro atoms. The summed E-state index contributed by atoms with van der Waals surface area (Å²) in [4.78, 5) is 5.40. The molecule has 0 aliphatic heterocycles. The Morgan fingerprint density at radius 1 is 0.258 bits per heavy atom. The highest BCUT2D eigenvalue weighted by Crippen LogP contribution is 2.54. The third-order valence-corrected chi connectivity index (χ3v) is 19.7. The van der Waals surface area contributed by atoms with Gasteiger partial charge in [0.15, 0.2) is 0 Å². The average Bonchev–Trinajstić information content (AvgIpc) is 4.14. The summed E-state index contributed by atoms with van der Waals surface area (Å²) >= 11 is 11.7. The van der Waals surface area contributed by atoms with E-state index in [0.29, 0.717) is 0 Å². The first-order valence-corrected chi connectivity index (χ1v) is 25.7. The van der Waals surface area contributed by atoms with E-state index in [9.17, 15) is 0 Å². The van der Waals surface area contributed by atoms with E-state index in [4.69, 9.17) is 0 Å². The van der Waals surface area contributed by atoms with Crippen LogP contribution in [0.25, 0.3) is 113 Å². The molecule has 0 amide bonds. The van der Waals surface area contributed by atoms with Crippen molar-refractivity contribution in [3.8, 4) is 75.1 Å². The van der Waals surface area contributed by atoms with Gasteiger partial charge in [-0.15, -0.1) is 68.0 Å². The lowest BCUT2D eigenvalue weighted by Crippen LogP contribution is -1.89. The quantitative estimate of drug-likeness (QED) is 0.149. The summed E-state index contributed by atoms with van der Waals surface area (Å²) in [6.07, 6.45) is 0. The molecule has 0 nitrogen and oxygen atoms in total. The van der Waals surface area contributed by atoms with Gasteiger partial charge < -0.3 is 0 Å². The van der Waals surface area contributed by atoms with Gasteiger partial charge in [0, 0.05) is 49.4 Å². The van der Waals surface area contributed by atoms with Crippen LogP contribution in [-0.4, -0.2) is 0 Å². The van der Waals surface area contributed by atoms with Crippen LogP contribution < -0.4 is 0 Å². The molecule has 12 aromatic rings. The Hall–Kier alpha value is -5.44. The minimum atomic E-state index is 1.26. The molecule has 0 radical (unpaired) electrons. The fourth-order valence-corrected chi connectivity index (χ4v) is 17.0. The molecule has 0 aliphatic carbocycles. The highest BCUT2D eigenvalue weighted by atomic mass is 32.1. The van der Waals surface area contributed by atoms with Crippen molar-refractivity contribution in [2.45, 2.75) is 27.7 Å². The summed E-state index contributed by atoms with van der Waals surface area (Å²) in [6.45, 7) is 8.65. The van der Waals surface area contributed by atoms with Crippen molar-refractivity contribution in [2.75, 3.05) is 0 Å². The summed E-state index contributed by atoms with van der Waals surface area (Å²) in [5.74, 6) is 0. The highest BCUT2D eigenvalue weighted by molar-refractivity contribution is 7.42. The van der Waals surface area contributed by atoms with Crippen molar-refractivity contribution in [3.63, 3.8) is 0 Å². The summed E-state index contributed by atoms with van der Waals surface area (Å²) in [5, 5.41) is 0. The molecular weight excluding hydrogens is 865 g/mol. The zero-order valence-corrected chi connectivity index (χ0v) is 39.4. The lowest BCUT2D eigenvalue weighted by atomic mass is 9.90. The van der Waals surface area contributed by atoms with E-state index < -0.39 is 0 Å². The van der Waals surface area contributed by atoms with E-state index >= 15 is 0 Å². The summed E-state index contributed by atoms with van der Waals surface area (Å²) in [7, 11) is 0. The molecule has 0 saturated heterocycles. The molecule has 6 aromatic heterocycles. The molecule has 0 fully saturated rings. The standard InChI is InChI=1S/C56H38S6/c1-31-11-19-35(20-12-31)39-7-5-8-40(36-21-13-32(2)14-22-36)51(39)45-29-49-55(61-45)53-47(57-49)27-43(59-53)44-28-48-54(60-44)56-50(58-48)30-46(62-56)52-41(37-23-15-33(3)16-24-37)9-6-10-42(52)38-25-17-34(4)18-26-38/h5-30H,1-4H3. The Labute approximate surface area is 385 Å². The predicted octanol–water partition coefficient (Wildman–Crippen LogP) is 19.6. The highest BCUT2D eigenvalue weighted by Gasteiger charge is 2.23. The van der Waals surface area contributed by atoms with E-state index in [1.807, 2.05) is 68.0 Å². The molecule has 62 heavy (non-hydrogen) atoms. The van der Waals surface area contributed by atoms with Gasteiger partial charge in [0.25, 0.3) is 0 Å². The maximum absolute atomic E-state index is 2.45. The van der Waals surface area contributed by atoms with Gasteiger partial charge in [-0.2, -0.15) is 0 Å². The molecule has 6 heterocycles. The Kier molecular flexibility index (Phi) is 9.33. The lowest BCUT2D eigenvalue weighted by Gasteiger charge is -2.15. The molecular formula is C56H38S6. The minimum absolute atomic E-state index is 1.26. The second kappa shape index (κ2) is 15.1. The molecule has 6 aromatic carbocycles. The summed E-state index contributed by atoms with van der Waals surface area (Å²) in [6, 6.07) is 59.5. The maximum atomic E-state index is 2.45. The number of fused-ring (bicyclic) bond motifs is 6. The van der Waals surface area contributed by atoms with Crippen LogP contribution in [-0.2, 0) is 0 Å². The number of aryl methyl sites for hydroxylation is 4. The van der Waals surface area contributed by atoms with E-state index in [1.165, 1.54) is 135 Å². The van der Waals surface area contributed by atoms with Gasteiger partial charge in [-0.3, -0.25) is 0 Å². The van der Waals surface area contributed by atoms with Crippen LogP contribution in [0.5, 0.6) is 0 Å². The van der Waals surface area contributed by atoms with Gasteiger partial charge in [-0.05, 0) is 96.5 Å². The normalized spacial score (nSPS) is 11.9. The molecule has 0 bridgehead atoms. The van der Waals surface area contributed by atoms with Crippen LogP contribution in [0.4, 0.5) is 0 Å². The first-order valence-electron chi connectivity index (χ1n) is 20.8. The van der Waals surface area contributed by atoms with Crippen molar-refractivity contribution >= 4 is 106 Å². The van der Waals surface area contributed by atoms with E-state index in [0.717, 1.165) is 0 Å². The molecule has 298 valence electrons. The fourth-order valence-electron chi connectivity index (χ4n) is 8.69.